The highest BCUT2D eigenvalue weighted by Gasteiger charge is 2.27. The maximum atomic E-state index is 2.45. The molecule has 0 atom stereocenters. The van der Waals surface area contributed by atoms with Crippen LogP contribution in [0.4, 0.5) is 17.1 Å². The van der Waals surface area contributed by atoms with Crippen molar-refractivity contribution >= 4 is 41.4 Å². The van der Waals surface area contributed by atoms with Gasteiger partial charge in [-0.2, -0.15) is 0 Å². The van der Waals surface area contributed by atoms with Crippen LogP contribution in [-0.2, 0) is 0 Å². The summed E-state index contributed by atoms with van der Waals surface area (Å²) in [6.45, 7) is 2.24. The second-order valence-corrected chi connectivity index (χ2v) is 15.8. The Morgan fingerprint density at radius 2 is 0.765 bits per heavy atom. The normalized spacial score (nSPS) is 11.0. The molecule has 8 aromatic carbocycles. The fourth-order valence-electron chi connectivity index (χ4n) is 7.27. The summed E-state index contributed by atoms with van der Waals surface area (Å²) in [7, 11) is -1.92. The highest BCUT2D eigenvalue weighted by Crippen LogP contribution is 2.42. The predicted molar refractivity (Wildman–Crippen MR) is 221 cm³/mol. The van der Waals surface area contributed by atoms with Crippen LogP contribution in [0, 0.1) is 6.92 Å². The molecule has 0 saturated heterocycles. The van der Waals surface area contributed by atoms with Crippen LogP contribution in [0.2, 0.25) is 0 Å². The van der Waals surface area contributed by atoms with E-state index in [0.29, 0.717) is 0 Å². The Morgan fingerprint density at radius 3 is 1.24 bits per heavy atom. The van der Waals surface area contributed by atoms with Crippen molar-refractivity contribution in [3.8, 4) is 33.4 Å². The Kier molecular flexibility index (Phi) is 9.24. The van der Waals surface area contributed by atoms with Gasteiger partial charge >= 0.3 is 0 Å². The summed E-state index contributed by atoms with van der Waals surface area (Å²) in [4.78, 5) is 2.45. The first-order valence-electron chi connectivity index (χ1n) is 17.6. The minimum Gasteiger partial charge on any atom is -0.310 e. The van der Waals surface area contributed by atoms with Crippen LogP contribution in [0.15, 0.2) is 212 Å². The molecular weight excluding hydrogens is 631 g/mol. The molecule has 2 heteroatoms. The second kappa shape index (κ2) is 14.7. The zero-order valence-corrected chi connectivity index (χ0v) is 29.9. The van der Waals surface area contributed by atoms with E-state index in [2.05, 4.69) is 224 Å². The Labute approximate surface area is 303 Å². The van der Waals surface area contributed by atoms with Crippen molar-refractivity contribution in [3.05, 3.63) is 218 Å². The summed E-state index contributed by atoms with van der Waals surface area (Å²) in [5, 5.41) is 4.22. The summed E-state index contributed by atoms with van der Waals surface area (Å²) >= 11 is 0. The largest absolute Gasteiger partial charge is 0.310 e. The standard InChI is InChI=1S/C49H39NSi/c1-37-17-14-15-26-46(37)49-47(27-16-28-48(49)51(44-22-10-4-11-23-44)45-24-12-5-13-25-45)50(42-33-29-40(30-34-42)38-18-6-2-7-19-38)43-35-31-41(32-36-43)39-20-8-3-9-21-39/h2-36,51H,1H3. The van der Waals surface area contributed by atoms with Gasteiger partial charge in [-0.1, -0.05) is 192 Å². The highest BCUT2D eigenvalue weighted by atomic mass is 28.3. The average Bonchev–Trinajstić information content (AvgIpc) is 3.21. The van der Waals surface area contributed by atoms with E-state index < -0.39 is 8.80 Å². The van der Waals surface area contributed by atoms with Crippen molar-refractivity contribution in [2.24, 2.45) is 0 Å². The third-order valence-corrected chi connectivity index (χ3v) is 13.0. The van der Waals surface area contributed by atoms with Crippen molar-refractivity contribution in [2.75, 3.05) is 4.90 Å². The number of nitrogens with zero attached hydrogens (tertiary/aromatic N) is 1. The molecule has 0 amide bonds. The van der Waals surface area contributed by atoms with Crippen molar-refractivity contribution < 1.29 is 0 Å². The first kappa shape index (κ1) is 32.0. The summed E-state index contributed by atoms with van der Waals surface area (Å²) in [5.74, 6) is 0. The fraction of sp³-hybridized carbons (Fsp3) is 0.0204. The Bertz CT molecular complexity index is 2210. The van der Waals surface area contributed by atoms with Crippen molar-refractivity contribution in [1.29, 1.82) is 0 Å². The topological polar surface area (TPSA) is 3.24 Å². The van der Waals surface area contributed by atoms with Crippen LogP contribution in [0.3, 0.4) is 0 Å². The molecule has 0 heterocycles. The molecule has 244 valence electrons. The molecule has 8 aromatic rings. The van der Waals surface area contributed by atoms with Crippen molar-refractivity contribution in [1.82, 2.24) is 0 Å². The van der Waals surface area contributed by atoms with Gasteiger partial charge in [0.1, 0.15) is 8.80 Å². The van der Waals surface area contributed by atoms with E-state index in [0.717, 1.165) is 11.4 Å². The molecule has 0 spiro atoms. The summed E-state index contributed by atoms with van der Waals surface area (Å²) < 4.78 is 0. The minimum absolute atomic E-state index is 1.12. The molecule has 0 fully saturated rings. The molecule has 0 unspecified atom stereocenters. The summed E-state index contributed by atoms with van der Waals surface area (Å²) in [6, 6.07) is 77.4. The van der Waals surface area contributed by atoms with Gasteiger partial charge in [0.05, 0.1) is 5.69 Å². The second-order valence-electron chi connectivity index (χ2n) is 13.0. The van der Waals surface area contributed by atoms with Crippen LogP contribution >= 0.6 is 0 Å². The number of hydrogen-bond acceptors (Lipinski definition) is 1. The van der Waals surface area contributed by atoms with E-state index in [1.54, 1.807) is 0 Å². The van der Waals surface area contributed by atoms with Gasteiger partial charge in [0.2, 0.25) is 0 Å². The Hall–Kier alpha value is -6.22. The lowest BCUT2D eigenvalue weighted by molar-refractivity contribution is 1.28. The zero-order chi connectivity index (χ0) is 34.4. The molecular formula is C49H39NSi. The predicted octanol–water partition coefficient (Wildman–Crippen LogP) is 10.7. The lowest BCUT2D eigenvalue weighted by Gasteiger charge is -2.31. The van der Waals surface area contributed by atoms with Crippen LogP contribution in [-0.4, -0.2) is 8.80 Å². The van der Waals surface area contributed by atoms with Crippen LogP contribution < -0.4 is 20.5 Å². The van der Waals surface area contributed by atoms with E-state index in [4.69, 9.17) is 0 Å². The van der Waals surface area contributed by atoms with E-state index in [1.165, 1.54) is 60.2 Å². The molecule has 1 nitrogen and oxygen atoms in total. The van der Waals surface area contributed by atoms with E-state index >= 15 is 0 Å². The molecule has 0 N–H and O–H groups in total. The highest BCUT2D eigenvalue weighted by molar-refractivity contribution is 6.96. The SMILES string of the molecule is Cc1ccccc1-c1c(N(c2ccc(-c3ccccc3)cc2)c2ccc(-c3ccccc3)cc2)cccc1[SiH](c1ccccc1)c1ccccc1. The number of rotatable bonds is 9. The van der Waals surface area contributed by atoms with Crippen LogP contribution in [0.5, 0.6) is 0 Å². The van der Waals surface area contributed by atoms with E-state index in [1.807, 2.05) is 0 Å². The monoisotopic (exact) mass is 669 g/mol. The van der Waals surface area contributed by atoms with Gasteiger partial charge < -0.3 is 4.90 Å². The lowest BCUT2D eigenvalue weighted by Crippen LogP contribution is -2.52. The van der Waals surface area contributed by atoms with Gasteiger partial charge in [0.25, 0.3) is 0 Å². The third kappa shape index (κ3) is 6.70. The number of hydrogen-bond donors (Lipinski definition) is 0. The van der Waals surface area contributed by atoms with Gasteiger partial charge in [-0.3, -0.25) is 0 Å². The number of benzene rings is 8. The molecule has 0 saturated carbocycles. The molecule has 0 aliphatic carbocycles. The average molecular weight is 670 g/mol. The molecule has 51 heavy (non-hydrogen) atoms. The first-order valence-corrected chi connectivity index (χ1v) is 19.4. The van der Waals surface area contributed by atoms with Gasteiger partial charge in [0.15, 0.2) is 0 Å². The van der Waals surface area contributed by atoms with E-state index in [-0.39, 0.29) is 0 Å². The molecule has 0 bridgehead atoms. The van der Waals surface area contributed by atoms with Crippen LogP contribution in [0.1, 0.15) is 5.56 Å². The number of aryl methyl sites for hydroxylation is 1. The smallest absolute Gasteiger partial charge is 0.133 e. The summed E-state index contributed by atoms with van der Waals surface area (Å²) in [5.41, 5.74) is 12.1. The molecule has 0 aliphatic heterocycles. The maximum absolute atomic E-state index is 2.45. The quantitative estimate of drug-likeness (QED) is 0.109. The van der Waals surface area contributed by atoms with Gasteiger partial charge in [-0.15, -0.1) is 0 Å². The van der Waals surface area contributed by atoms with Gasteiger partial charge in [-0.05, 0) is 75.8 Å². The van der Waals surface area contributed by atoms with E-state index in [9.17, 15) is 0 Å². The van der Waals surface area contributed by atoms with Crippen LogP contribution in [0.25, 0.3) is 33.4 Å². The zero-order valence-electron chi connectivity index (χ0n) is 28.7. The Balaban J connectivity index is 1.37. The molecule has 0 aromatic heterocycles. The molecule has 0 radical (unpaired) electrons. The van der Waals surface area contributed by atoms with Gasteiger partial charge in [-0.25, -0.2) is 0 Å². The van der Waals surface area contributed by atoms with Gasteiger partial charge in [0, 0.05) is 16.9 Å². The summed E-state index contributed by atoms with van der Waals surface area (Å²) in [6.07, 6.45) is 0. The third-order valence-electron chi connectivity index (χ3n) is 9.77. The molecule has 8 rings (SSSR count). The van der Waals surface area contributed by atoms with Crippen molar-refractivity contribution in [2.45, 2.75) is 6.92 Å². The fourth-order valence-corrected chi connectivity index (χ4v) is 10.5. The minimum atomic E-state index is -1.92. The maximum Gasteiger partial charge on any atom is 0.133 e. The first-order chi connectivity index (χ1) is 25.2. The van der Waals surface area contributed by atoms with Crippen molar-refractivity contribution in [3.63, 3.8) is 0 Å². The Morgan fingerprint density at radius 1 is 0.353 bits per heavy atom. The lowest BCUT2D eigenvalue weighted by atomic mass is 9.97. The molecule has 0 aliphatic rings. The number of anilines is 3.